The van der Waals surface area contributed by atoms with Crippen molar-refractivity contribution in [2.24, 2.45) is 0 Å². The molecule has 0 bridgehead atoms. The Hall–Kier alpha value is -1.50. The van der Waals surface area contributed by atoms with Crippen molar-refractivity contribution in [1.29, 1.82) is 0 Å². The predicted molar refractivity (Wildman–Crippen MR) is 96.2 cm³/mol. The molecule has 3 rings (SSSR count). The van der Waals surface area contributed by atoms with Gasteiger partial charge >= 0.3 is 0 Å². The van der Waals surface area contributed by atoms with Gasteiger partial charge < -0.3 is 0 Å². The van der Waals surface area contributed by atoms with Crippen molar-refractivity contribution in [1.82, 2.24) is 0 Å². The first kappa shape index (κ1) is 15.4. The van der Waals surface area contributed by atoms with E-state index in [0.29, 0.717) is 9.23 Å². The van der Waals surface area contributed by atoms with Crippen molar-refractivity contribution in [2.45, 2.75) is 0 Å². The summed E-state index contributed by atoms with van der Waals surface area (Å²) in [5.41, 5.74) is 1.49. The highest BCUT2D eigenvalue weighted by atomic mass is 79.9. The lowest BCUT2D eigenvalue weighted by molar-refractivity contribution is -0.113. The van der Waals surface area contributed by atoms with Gasteiger partial charge in [-0.05, 0) is 48.0 Å². The van der Waals surface area contributed by atoms with Crippen LogP contribution in [0.3, 0.4) is 0 Å². The molecule has 1 amide bonds. The van der Waals surface area contributed by atoms with E-state index >= 15 is 0 Å². The third kappa shape index (κ3) is 3.14. The van der Waals surface area contributed by atoms with Gasteiger partial charge in [0.05, 0.1) is 10.6 Å². The summed E-state index contributed by atoms with van der Waals surface area (Å²) in [4.78, 5) is 14.6. The minimum Gasteiger partial charge on any atom is -0.268 e. The number of carbonyl (C=O) groups excluding carboxylic acids is 1. The Morgan fingerprint density at radius 3 is 2.36 bits per heavy atom. The molecule has 0 aliphatic carbocycles. The second-order valence-electron chi connectivity index (χ2n) is 4.55. The van der Waals surface area contributed by atoms with Crippen LogP contribution in [-0.2, 0) is 4.79 Å². The van der Waals surface area contributed by atoms with Crippen molar-refractivity contribution >= 4 is 61.9 Å². The van der Waals surface area contributed by atoms with Crippen LogP contribution < -0.4 is 4.90 Å². The van der Waals surface area contributed by atoms with Gasteiger partial charge in [0.1, 0.15) is 5.82 Å². The number of nitrogens with zero attached hydrogens (tertiary/aromatic N) is 1. The number of amides is 1. The van der Waals surface area contributed by atoms with Gasteiger partial charge in [0.15, 0.2) is 4.32 Å². The zero-order valence-electron chi connectivity index (χ0n) is 11.1. The quantitative estimate of drug-likeness (QED) is 0.529. The molecule has 1 fully saturated rings. The topological polar surface area (TPSA) is 20.3 Å². The van der Waals surface area contributed by atoms with Gasteiger partial charge in [-0.3, -0.25) is 9.69 Å². The first-order valence-corrected chi connectivity index (χ1v) is 8.35. The number of halogens is 2. The Morgan fingerprint density at radius 2 is 1.73 bits per heavy atom. The van der Waals surface area contributed by atoms with Crippen LogP contribution in [0.1, 0.15) is 5.56 Å². The maximum absolute atomic E-state index is 12.9. The van der Waals surface area contributed by atoms with Crippen molar-refractivity contribution in [3.8, 4) is 0 Å². The monoisotopic (exact) mass is 393 g/mol. The van der Waals surface area contributed by atoms with E-state index in [4.69, 9.17) is 12.2 Å². The number of carbonyl (C=O) groups is 1. The molecule has 0 atom stereocenters. The lowest BCUT2D eigenvalue weighted by atomic mass is 10.2. The molecule has 0 radical (unpaired) electrons. The molecule has 1 heterocycles. The van der Waals surface area contributed by atoms with Crippen LogP contribution in [0.25, 0.3) is 6.08 Å². The molecule has 110 valence electrons. The molecule has 1 aliphatic rings. The molecular formula is C16H9BrFNOS2. The van der Waals surface area contributed by atoms with E-state index in [2.05, 4.69) is 15.9 Å². The third-order valence-corrected chi connectivity index (χ3v) is 4.88. The van der Waals surface area contributed by atoms with E-state index in [9.17, 15) is 9.18 Å². The van der Waals surface area contributed by atoms with Crippen LogP contribution in [0.2, 0.25) is 0 Å². The van der Waals surface area contributed by atoms with Gasteiger partial charge in [-0.1, -0.05) is 52.0 Å². The highest BCUT2D eigenvalue weighted by molar-refractivity contribution is 9.10. The first-order valence-electron chi connectivity index (χ1n) is 6.34. The Balaban J connectivity index is 1.91. The molecule has 0 spiro atoms. The molecule has 1 aliphatic heterocycles. The highest BCUT2D eigenvalue weighted by Crippen LogP contribution is 2.36. The second kappa shape index (κ2) is 6.32. The Morgan fingerprint density at radius 1 is 1.09 bits per heavy atom. The number of hydrogen-bond acceptors (Lipinski definition) is 3. The summed E-state index contributed by atoms with van der Waals surface area (Å²) in [7, 11) is 0. The summed E-state index contributed by atoms with van der Waals surface area (Å²) < 4.78 is 14.3. The molecule has 2 nitrogen and oxygen atoms in total. The SMILES string of the molecule is O=C1C(=Cc2ccc(F)cc2)SC(=S)N1c1ccc(Br)cc1. The highest BCUT2D eigenvalue weighted by Gasteiger charge is 2.33. The van der Waals surface area contributed by atoms with Crippen molar-refractivity contribution in [2.75, 3.05) is 4.90 Å². The molecule has 22 heavy (non-hydrogen) atoms. The molecule has 0 unspecified atom stereocenters. The fourth-order valence-electron chi connectivity index (χ4n) is 1.99. The molecule has 2 aromatic carbocycles. The van der Waals surface area contributed by atoms with Gasteiger partial charge in [-0.2, -0.15) is 0 Å². The third-order valence-electron chi connectivity index (χ3n) is 3.05. The summed E-state index contributed by atoms with van der Waals surface area (Å²) in [5, 5.41) is 0. The van der Waals surface area contributed by atoms with E-state index in [-0.39, 0.29) is 11.7 Å². The average molecular weight is 394 g/mol. The molecule has 0 aromatic heterocycles. The zero-order chi connectivity index (χ0) is 15.7. The minimum atomic E-state index is -0.306. The number of rotatable bonds is 2. The Bertz CT molecular complexity index is 772. The smallest absolute Gasteiger partial charge is 0.268 e. The van der Waals surface area contributed by atoms with E-state index in [1.54, 1.807) is 18.2 Å². The fourth-order valence-corrected chi connectivity index (χ4v) is 3.55. The lowest BCUT2D eigenvalue weighted by Crippen LogP contribution is -2.27. The maximum Gasteiger partial charge on any atom is 0.270 e. The molecule has 2 aromatic rings. The number of thiocarbonyl (C=S) groups is 1. The van der Waals surface area contributed by atoms with Gasteiger partial charge in [0.2, 0.25) is 0 Å². The maximum atomic E-state index is 12.9. The molecule has 0 N–H and O–H groups in total. The summed E-state index contributed by atoms with van der Waals surface area (Å²) in [6.45, 7) is 0. The van der Waals surface area contributed by atoms with E-state index in [1.807, 2.05) is 24.3 Å². The van der Waals surface area contributed by atoms with Gasteiger partial charge in [-0.15, -0.1) is 0 Å². The van der Waals surface area contributed by atoms with Crippen LogP contribution >= 0.6 is 39.9 Å². The van der Waals surface area contributed by atoms with Crippen molar-refractivity contribution < 1.29 is 9.18 Å². The van der Waals surface area contributed by atoms with Gasteiger partial charge in [-0.25, -0.2) is 4.39 Å². The Labute approximate surface area is 145 Å². The van der Waals surface area contributed by atoms with Crippen molar-refractivity contribution in [3.63, 3.8) is 0 Å². The average Bonchev–Trinajstić information content (AvgIpc) is 2.77. The van der Waals surface area contributed by atoms with E-state index < -0.39 is 0 Å². The van der Waals surface area contributed by atoms with Crippen LogP contribution in [0.4, 0.5) is 10.1 Å². The molecule has 0 saturated carbocycles. The standard InChI is InChI=1S/C16H9BrFNOS2/c17-11-3-7-13(8-4-11)19-15(20)14(22-16(19)21)9-10-1-5-12(18)6-2-10/h1-9H. The normalized spacial score (nSPS) is 16.6. The van der Waals surface area contributed by atoms with Crippen LogP contribution in [0, 0.1) is 5.82 Å². The van der Waals surface area contributed by atoms with Gasteiger partial charge in [0, 0.05) is 4.47 Å². The van der Waals surface area contributed by atoms with Crippen molar-refractivity contribution in [3.05, 3.63) is 69.3 Å². The van der Waals surface area contributed by atoms with Crippen LogP contribution in [-0.4, -0.2) is 10.2 Å². The van der Waals surface area contributed by atoms with Crippen LogP contribution in [0.15, 0.2) is 57.9 Å². The molecule has 1 saturated heterocycles. The number of hydrogen-bond donors (Lipinski definition) is 0. The number of anilines is 1. The minimum absolute atomic E-state index is 0.165. The number of benzene rings is 2. The van der Waals surface area contributed by atoms with Gasteiger partial charge in [0.25, 0.3) is 5.91 Å². The summed E-state index contributed by atoms with van der Waals surface area (Å²) in [6, 6.07) is 13.4. The lowest BCUT2D eigenvalue weighted by Gasteiger charge is -2.14. The summed E-state index contributed by atoms with van der Waals surface area (Å²) in [6.07, 6.45) is 1.72. The second-order valence-corrected chi connectivity index (χ2v) is 7.14. The van der Waals surface area contributed by atoms with Crippen LogP contribution in [0.5, 0.6) is 0 Å². The van der Waals surface area contributed by atoms with E-state index in [1.165, 1.54) is 28.8 Å². The largest absolute Gasteiger partial charge is 0.270 e. The predicted octanol–water partition coefficient (Wildman–Crippen LogP) is 4.99. The fraction of sp³-hybridized carbons (Fsp3) is 0. The first-order chi connectivity index (χ1) is 10.5. The summed E-state index contributed by atoms with van der Waals surface area (Å²) >= 11 is 9.91. The molecule has 6 heteroatoms. The summed E-state index contributed by atoms with van der Waals surface area (Å²) in [5.74, 6) is -0.471. The number of thioether (sulfide) groups is 1. The zero-order valence-corrected chi connectivity index (χ0v) is 14.3. The molecular weight excluding hydrogens is 385 g/mol. The Kier molecular flexibility index (Phi) is 4.42. The van der Waals surface area contributed by atoms with E-state index in [0.717, 1.165) is 15.7 Å².